The van der Waals surface area contributed by atoms with Crippen LogP contribution in [0.15, 0.2) is 36.7 Å². The van der Waals surface area contributed by atoms with Gasteiger partial charge in [0.25, 0.3) is 0 Å². The molecule has 0 amide bonds. The lowest BCUT2D eigenvalue weighted by molar-refractivity contribution is 0.614. The molecule has 3 heteroatoms. The summed E-state index contributed by atoms with van der Waals surface area (Å²) >= 11 is 0. The van der Waals surface area contributed by atoms with Crippen molar-refractivity contribution in [2.75, 3.05) is 0 Å². The summed E-state index contributed by atoms with van der Waals surface area (Å²) in [5.74, 6) is 0. The molecular formula is C14H15N3. The molecule has 1 heterocycles. The second-order valence-electron chi connectivity index (χ2n) is 4.02. The molecule has 2 rings (SSSR count). The van der Waals surface area contributed by atoms with Crippen molar-refractivity contribution in [1.82, 2.24) is 9.78 Å². The molecule has 2 aromatic rings. The molecule has 0 bridgehead atoms. The molecule has 3 nitrogen and oxygen atoms in total. The van der Waals surface area contributed by atoms with Crippen LogP contribution in [0.5, 0.6) is 0 Å². The lowest BCUT2D eigenvalue weighted by Crippen LogP contribution is -2.01. The molecule has 0 radical (unpaired) electrons. The highest BCUT2D eigenvalue weighted by atomic mass is 15.3. The number of hydrogen-bond donors (Lipinski definition) is 0. The molecule has 1 aromatic heterocycles. The van der Waals surface area contributed by atoms with E-state index in [0.29, 0.717) is 5.56 Å². The van der Waals surface area contributed by atoms with Crippen LogP contribution in [-0.4, -0.2) is 9.78 Å². The van der Waals surface area contributed by atoms with E-state index in [1.54, 1.807) is 12.4 Å². The first-order valence-electron chi connectivity index (χ1n) is 5.82. The van der Waals surface area contributed by atoms with Gasteiger partial charge in [-0.3, -0.25) is 4.68 Å². The van der Waals surface area contributed by atoms with Crippen molar-refractivity contribution >= 4 is 0 Å². The average molecular weight is 225 g/mol. The van der Waals surface area contributed by atoms with E-state index in [9.17, 15) is 0 Å². The molecule has 0 spiro atoms. The van der Waals surface area contributed by atoms with Gasteiger partial charge in [0, 0.05) is 12.7 Å². The standard InChI is InChI=1S/C14H15N3/c1-2-12-3-5-13(6-4-12)7-8-17-11-14(9-15)10-16-17/h3-6,10-11H,2,7-8H2,1H3. The Kier molecular flexibility index (Phi) is 3.56. The number of rotatable bonds is 4. The molecule has 0 N–H and O–H groups in total. The van der Waals surface area contributed by atoms with E-state index >= 15 is 0 Å². The molecule has 0 atom stereocenters. The van der Waals surface area contributed by atoms with Gasteiger partial charge in [-0.2, -0.15) is 10.4 Å². The fourth-order valence-corrected chi connectivity index (χ4v) is 1.73. The van der Waals surface area contributed by atoms with E-state index < -0.39 is 0 Å². The smallest absolute Gasteiger partial charge is 0.102 e. The second-order valence-corrected chi connectivity index (χ2v) is 4.02. The molecule has 0 unspecified atom stereocenters. The maximum Gasteiger partial charge on any atom is 0.102 e. The predicted molar refractivity (Wildman–Crippen MR) is 66.5 cm³/mol. The molecule has 0 aliphatic carbocycles. The Balaban J connectivity index is 1.95. The monoisotopic (exact) mass is 225 g/mol. The Morgan fingerprint density at radius 3 is 2.53 bits per heavy atom. The number of benzene rings is 1. The molecule has 1 aromatic carbocycles. The molecule has 0 fully saturated rings. The zero-order valence-electron chi connectivity index (χ0n) is 9.93. The Bertz CT molecular complexity index is 517. The largest absolute Gasteiger partial charge is 0.271 e. The van der Waals surface area contributed by atoms with Gasteiger partial charge < -0.3 is 0 Å². The summed E-state index contributed by atoms with van der Waals surface area (Å²) in [6.45, 7) is 2.97. The number of nitrogens with zero attached hydrogens (tertiary/aromatic N) is 3. The fraction of sp³-hybridized carbons (Fsp3) is 0.286. The van der Waals surface area contributed by atoms with Crippen molar-refractivity contribution in [3.05, 3.63) is 53.3 Å². The number of hydrogen-bond acceptors (Lipinski definition) is 2. The average Bonchev–Trinajstić information content (AvgIpc) is 2.85. The Labute approximate surface area is 101 Å². The van der Waals surface area contributed by atoms with Crippen LogP contribution in [0.3, 0.4) is 0 Å². The van der Waals surface area contributed by atoms with Crippen LogP contribution in [0.2, 0.25) is 0 Å². The summed E-state index contributed by atoms with van der Waals surface area (Å²) in [4.78, 5) is 0. The SMILES string of the molecule is CCc1ccc(CCn2cc(C#N)cn2)cc1. The number of nitriles is 1. The number of aromatic nitrogens is 2. The van der Waals surface area contributed by atoms with Gasteiger partial charge in [0.2, 0.25) is 0 Å². The molecule has 0 aliphatic rings. The van der Waals surface area contributed by atoms with Crippen LogP contribution in [0.4, 0.5) is 0 Å². The predicted octanol–water partition coefficient (Wildman–Crippen LogP) is 2.56. The fourth-order valence-electron chi connectivity index (χ4n) is 1.73. The second kappa shape index (κ2) is 5.31. The third-order valence-electron chi connectivity index (χ3n) is 2.82. The zero-order chi connectivity index (χ0) is 12.1. The molecule has 0 saturated heterocycles. The molecule has 0 aliphatic heterocycles. The van der Waals surface area contributed by atoms with Crippen LogP contribution in [0.25, 0.3) is 0 Å². The maximum atomic E-state index is 8.69. The minimum atomic E-state index is 0.617. The van der Waals surface area contributed by atoms with Crippen LogP contribution in [0, 0.1) is 11.3 Å². The summed E-state index contributed by atoms with van der Waals surface area (Å²) in [5, 5.41) is 12.8. The Hall–Kier alpha value is -2.08. The van der Waals surface area contributed by atoms with Crippen molar-refractivity contribution in [3.8, 4) is 6.07 Å². The Morgan fingerprint density at radius 1 is 1.24 bits per heavy atom. The first kappa shape index (κ1) is 11.4. The van der Waals surface area contributed by atoms with E-state index in [0.717, 1.165) is 19.4 Å². The Morgan fingerprint density at radius 2 is 1.94 bits per heavy atom. The molecular weight excluding hydrogens is 210 g/mol. The zero-order valence-corrected chi connectivity index (χ0v) is 9.93. The van der Waals surface area contributed by atoms with Gasteiger partial charge in [0.15, 0.2) is 0 Å². The van der Waals surface area contributed by atoms with Gasteiger partial charge >= 0.3 is 0 Å². The summed E-state index contributed by atoms with van der Waals surface area (Å²) in [7, 11) is 0. The van der Waals surface area contributed by atoms with Gasteiger partial charge in [-0.15, -0.1) is 0 Å². The van der Waals surface area contributed by atoms with E-state index in [-0.39, 0.29) is 0 Å². The van der Waals surface area contributed by atoms with Gasteiger partial charge in [0.1, 0.15) is 6.07 Å². The minimum Gasteiger partial charge on any atom is -0.271 e. The van der Waals surface area contributed by atoms with Crippen LogP contribution >= 0.6 is 0 Å². The summed E-state index contributed by atoms with van der Waals surface area (Å²) < 4.78 is 1.81. The topological polar surface area (TPSA) is 41.6 Å². The highest BCUT2D eigenvalue weighted by molar-refractivity contribution is 5.23. The first-order valence-corrected chi connectivity index (χ1v) is 5.82. The van der Waals surface area contributed by atoms with Crippen molar-refractivity contribution < 1.29 is 0 Å². The van der Waals surface area contributed by atoms with Crippen LogP contribution < -0.4 is 0 Å². The summed E-state index contributed by atoms with van der Waals surface area (Å²) in [5.41, 5.74) is 3.28. The van der Waals surface area contributed by atoms with Gasteiger partial charge in [-0.1, -0.05) is 31.2 Å². The maximum absolute atomic E-state index is 8.69. The van der Waals surface area contributed by atoms with Crippen molar-refractivity contribution in [2.45, 2.75) is 26.3 Å². The third kappa shape index (κ3) is 2.94. The third-order valence-corrected chi connectivity index (χ3v) is 2.82. The lowest BCUT2D eigenvalue weighted by Gasteiger charge is -2.03. The van der Waals surface area contributed by atoms with Crippen LogP contribution in [-0.2, 0) is 19.4 Å². The lowest BCUT2D eigenvalue weighted by atomic mass is 10.1. The summed E-state index contributed by atoms with van der Waals surface area (Å²) in [6.07, 6.45) is 5.39. The van der Waals surface area contributed by atoms with Gasteiger partial charge in [-0.25, -0.2) is 0 Å². The normalized spacial score (nSPS) is 10.1. The van der Waals surface area contributed by atoms with E-state index in [1.165, 1.54) is 11.1 Å². The van der Waals surface area contributed by atoms with E-state index in [1.807, 2.05) is 4.68 Å². The highest BCUT2D eigenvalue weighted by Crippen LogP contribution is 2.07. The molecule has 0 saturated carbocycles. The van der Waals surface area contributed by atoms with E-state index in [4.69, 9.17) is 5.26 Å². The molecule has 86 valence electrons. The van der Waals surface area contributed by atoms with Gasteiger partial charge in [-0.05, 0) is 24.0 Å². The first-order chi connectivity index (χ1) is 8.31. The van der Waals surface area contributed by atoms with Crippen molar-refractivity contribution in [3.63, 3.8) is 0 Å². The number of aryl methyl sites for hydroxylation is 3. The van der Waals surface area contributed by atoms with E-state index in [2.05, 4.69) is 42.4 Å². The summed E-state index contributed by atoms with van der Waals surface area (Å²) in [6, 6.07) is 10.7. The van der Waals surface area contributed by atoms with Crippen molar-refractivity contribution in [1.29, 1.82) is 5.26 Å². The minimum absolute atomic E-state index is 0.617. The highest BCUT2D eigenvalue weighted by Gasteiger charge is 1.98. The van der Waals surface area contributed by atoms with Gasteiger partial charge in [0.05, 0.1) is 11.8 Å². The molecule has 17 heavy (non-hydrogen) atoms. The van der Waals surface area contributed by atoms with Crippen LogP contribution in [0.1, 0.15) is 23.6 Å². The quantitative estimate of drug-likeness (QED) is 0.802. The van der Waals surface area contributed by atoms with Crippen molar-refractivity contribution in [2.24, 2.45) is 0 Å².